The van der Waals surface area contributed by atoms with Crippen molar-refractivity contribution in [3.63, 3.8) is 0 Å². The number of amides is 1. The molecule has 0 fully saturated rings. The average molecular weight is 328 g/mol. The molecule has 1 aromatic heterocycles. The van der Waals surface area contributed by atoms with E-state index in [4.69, 9.17) is 11.6 Å². The fourth-order valence-corrected chi connectivity index (χ4v) is 1.74. The van der Waals surface area contributed by atoms with Gasteiger partial charge in [-0.25, -0.2) is 4.98 Å². The van der Waals surface area contributed by atoms with Gasteiger partial charge in [0.15, 0.2) is 5.15 Å². The van der Waals surface area contributed by atoms with Gasteiger partial charge in [-0.1, -0.05) is 11.6 Å². The number of aromatic nitrogens is 1. The van der Waals surface area contributed by atoms with Gasteiger partial charge in [0.1, 0.15) is 5.75 Å². The number of phenols is 1. The minimum absolute atomic E-state index is 0.0000615. The average Bonchev–Trinajstić information content (AvgIpc) is 2.35. The number of benzene rings is 1. The molecule has 0 aliphatic carbocycles. The smallest absolute Gasteiger partial charge is 0.255 e. The van der Waals surface area contributed by atoms with Gasteiger partial charge in [0.25, 0.3) is 5.91 Å². The lowest BCUT2D eigenvalue weighted by molar-refractivity contribution is 0.102. The molecule has 2 aromatic rings. The van der Waals surface area contributed by atoms with Crippen LogP contribution in [-0.2, 0) is 0 Å². The standard InChI is InChI=1S/C12H8BrClN2O2/c13-8-4-3-7(6-10(8)17)12(18)16-9-2-1-5-15-11(9)14/h1-6,17H,(H,16,18). The Morgan fingerprint density at radius 3 is 2.83 bits per heavy atom. The molecule has 1 heterocycles. The quantitative estimate of drug-likeness (QED) is 0.830. The number of pyridine rings is 1. The third-order valence-corrected chi connectivity index (χ3v) is 3.19. The Bertz CT molecular complexity index is 604. The van der Waals surface area contributed by atoms with Crippen LogP contribution in [0.25, 0.3) is 0 Å². The summed E-state index contributed by atoms with van der Waals surface area (Å²) in [6.07, 6.45) is 1.53. The summed E-state index contributed by atoms with van der Waals surface area (Å²) in [5.41, 5.74) is 0.752. The molecule has 0 radical (unpaired) electrons. The maximum atomic E-state index is 11.9. The molecular formula is C12H8BrClN2O2. The molecule has 0 aliphatic rings. The second kappa shape index (κ2) is 5.37. The van der Waals surface area contributed by atoms with E-state index < -0.39 is 0 Å². The van der Waals surface area contributed by atoms with Gasteiger partial charge in [-0.2, -0.15) is 0 Å². The van der Waals surface area contributed by atoms with Crippen LogP contribution in [0.3, 0.4) is 0 Å². The number of hydrogen-bond donors (Lipinski definition) is 2. The SMILES string of the molecule is O=C(Nc1cccnc1Cl)c1ccc(Br)c(O)c1. The first-order valence-corrected chi connectivity index (χ1v) is 6.15. The van der Waals surface area contributed by atoms with Crippen LogP contribution in [0.5, 0.6) is 5.75 Å². The van der Waals surface area contributed by atoms with Crippen LogP contribution in [0.4, 0.5) is 5.69 Å². The molecule has 4 nitrogen and oxygen atoms in total. The van der Waals surface area contributed by atoms with Crippen molar-refractivity contribution in [3.05, 3.63) is 51.7 Å². The molecule has 1 aromatic carbocycles. The predicted octanol–water partition coefficient (Wildman–Crippen LogP) is 3.46. The van der Waals surface area contributed by atoms with Crippen molar-refractivity contribution in [3.8, 4) is 5.75 Å². The predicted molar refractivity (Wildman–Crippen MR) is 73.0 cm³/mol. The molecule has 0 saturated heterocycles. The maximum Gasteiger partial charge on any atom is 0.255 e. The van der Waals surface area contributed by atoms with Crippen LogP contribution >= 0.6 is 27.5 Å². The van der Waals surface area contributed by atoms with Crippen molar-refractivity contribution < 1.29 is 9.90 Å². The molecule has 0 spiro atoms. The van der Waals surface area contributed by atoms with Gasteiger partial charge in [0, 0.05) is 11.8 Å². The summed E-state index contributed by atoms with van der Waals surface area (Å²) in [6.45, 7) is 0. The molecule has 0 bridgehead atoms. The minimum atomic E-state index is -0.368. The van der Waals surface area contributed by atoms with E-state index in [1.54, 1.807) is 24.3 Å². The highest BCUT2D eigenvalue weighted by Crippen LogP contribution is 2.25. The van der Waals surface area contributed by atoms with Gasteiger partial charge in [0.05, 0.1) is 10.2 Å². The topological polar surface area (TPSA) is 62.2 Å². The Morgan fingerprint density at radius 2 is 2.17 bits per heavy atom. The van der Waals surface area contributed by atoms with Gasteiger partial charge in [-0.3, -0.25) is 4.79 Å². The van der Waals surface area contributed by atoms with Crippen molar-refractivity contribution in [2.24, 2.45) is 0 Å². The summed E-state index contributed by atoms with van der Waals surface area (Å²) in [7, 11) is 0. The number of anilines is 1. The summed E-state index contributed by atoms with van der Waals surface area (Å²) in [6, 6.07) is 7.86. The monoisotopic (exact) mass is 326 g/mol. The van der Waals surface area contributed by atoms with E-state index in [1.165, 1.54) is 12.3 Å². The lowest BCUT2D eigenvalue weighted by Gasteiger charge is -2.07. The van der Waals surface area contributed by atoms with Crippen molar-refractivity contribution in [1.29, 1.82) is 0 Å². The number of hydrogen-bond acceptors (Lipinski definition) is 3. The number of nitrogens with zero attached hydrogens (tertiary/aromatic N) is 1. The number of aromatic hydroxyl groups is 1. The molecular weight excluding hydrogens is 320 g/mol. The molecule has 2 rings (SSSR count). The van der Waals surface area contributed by atoms with Crippen molar-refractivity contribution in [2.45, 2.75) is 0 Å². The molecule has 0 saturated carbocycles. The van der Waals surface area contributed by atoms with E-state index in [0.29, 0.717) is 15.7 Å². The Morgan fingerprint density at radius 1 is 1.39 bits per heavy atom. The van der Waals surface area contributed by atoms with Gasteiger partial charge in [-0.05, 0) is 46.3 Å². The van der Waals surface area contributed by atoms with E-state index >= 15 is 0 Å². The third kappa shape index (κ3) is 2.80. The normalized spacial score (nSPS) is 10.1. The summed E-state index contributed by atoms with van der Waals surface area (Å²) in [5.74, 6) is -0.368. The third-order valence-electron chi connectivity index (χ3n) is 2.22. The van der Waals surface area contributed by atoms with Gasteiger partial charge in [0.2, 0.25) is 0 Å². The second-order valence-corrected chi connectivity index (χ2v) is 4.67. The van der Waals surface area contributed by atoms with Gasteiger partial charge >= 0.3 is 0 Å². The lowest BCUT2D eigenvalue weighted by atomic mass is 10.2. The Labute approximate surface area is 117 Å². The number of halogens is 2. The maximum absolute atomic E-state index is 11.9. The van der Waals surface area contributed by atoms with Crippen LogP contribution in [0.1, 0.15) is 10.4 Å². The molecule has 18 heavy (non-hydrogen) atoms. The highest BCUT2D eigenvalue weighted by atomic mass is 79.9. The molecule has 2 N–H and O–H groups in total. The number of nitrogens with one attached hydrogen (secondary N) is 1. The van der Waals surface area contributed by atoms with Crippen molar-refractivity contribution in [1.82, 2.24) is 4.98 Å². The largest absolute Gasteiger partial charge is 0.507 e. The van der Waals surface area contributed by atoms with Crippen molar-refractivity contribution in [2.75, 3.05) is 5.32 Å². The zero-order chi connectivity index (χ0) is 13.1. The summed E-state index contributed by atoms with van der Waals surface area (Å²) >= 11 is 8.97. The fraction of sp³-hybridized carbons (Fsp3) is 0. The lowest BCUT2D eigenvalue weighted by Crippen LogP contribution is -2.12. The van der Waals surface area contributed by atoms with E-state index in [9.17, 15) is 9.90 Å². The molecule has 0 aliphatic heterocycles. The summed E-state index contributed by atoms with van der Waals surface area (Å²) in [5, 5.41) is 12.3. The number of carbonyl (C=O) groups excluding carboxylic acids is 1. The second-order valence-electron chi connectivity index (χ2n) is 3.46. The molecule has 92 valence electrons. The first kappa shape index (κ1) is 12.9. The van der Waals surface area contributed by atoms with E-state index in [0.717, 1.165) is 0 Å². The Hall–Kier alpha value is -1.59. The fourth-order valence-electron chi connectivity index (χ4n) is 1.33. The molecule has 0 unspecified atom stereocenters. The Balaban J connectivity index is 2.22. The molecule has 0 atom stereocenters. The summed E-state index contributed by atoms with van der Waals surface area (Å²) in [4.78, 5) is 15.8. The number of carbonyl (C=O) groups is 1. The highest BCUT2D eigenvalue weighted by Gasteiger charge is 2.10. The van der Waals surface area contributed by atoms with Gasteiger partial charge < -0.3 is 10.4 Å². The number of rotatable bonds is 2. The van der Waals surface area contributed by atoms with E-state index in [-0.39, 0.29) is 16.8 Å². The van der Waals surface area contributed by atoms with Crippen LogP contribution in [0.2, 0.25) is 5.15 Å². The van der Waals surface area contributed by atoms with Crippen LogP contribution < -0.4 is 5.32 Å². The van der Waals surface area contributed by atoms with Crippen LogP contribution in [0.15, 0.2) is 41.0 Å². The zero-order valence-electron chi connectivity index (χ0n) is 9.02. The van der Waals surface area contributed by atoms with Gasteiger partial charge in [-0.15, -0.1) is 0 Å². The van der Waals surface area contributed by atoms with Crippen molar-refractivity contribution >= 4 is 39.1 Å². The van der Waals surface area contributed by atoms with E-state index in [2.05, 4.69) is 26.2 Å². The van der Waals surface area contributed by atoms with E-state index in [1.807, 2.05) is 0 Å². The van der Waals surface area contributed by atoms with Crippen LogP contribution in [-0.4, -0.2) is 16.0 Å². The first-order chi connectivity index (χ1) is 8.58. The van der Waals surface area contributed by atoms with Crippen LogP contribution in [0, 0.1) is 0 Å². The Kier molecular flexibility index (Phi) is 3.84. The number of phenolic OH excluding ortho intramolecular Hbond substituents is 1. The molecule has 6 heteroatoms. The molecule has 1 amide bonds. The zero-order valence-corrected chi connectivity index (χ0v) is 11.4. The first-order valence-electron chi connectivity index (χ1n) is 4.98. The summed E-state index contributed by atoms with van der Waals surface area (Å²) < 4.78 is 0.526. The highest BCUT2D eigenvalue weighted by molar-refractivity contribution is 9.10. The minimum Gasteiger partial charge on any atom is -0.507 e.